The van der Waals surface area contributed by atoms with Crippen molar-refractivity contribution in [3.8, 4) is 5.75 Å². The van der Waals surface area contributed by atoms with Crippen LogP contribution in [0.2, 0.25) is 5.02 Å². The molecule has 1 aliphatic rings. The highest BCUT2D eigenvalue weighted by Gasteiger charge is 2.18. The summed E-state index contributed by atoms with van der Waals surface area (Å²) in [6.45, 7) is 2.36. The van der Waals surface area contributed by atoms with Crippen molar-refractivity contribution in [3.63, 3.8) is 0 Å². The van der Waals surface area contributed by atoms with Gasteiger partial charge in [0.25, 0.3) is 0 Å². The number of hydrogen-bond acceptors (Lipinski definition) is 3. The topological polar surface area (TPSA) is 55.8 Å². The van der Waals surface area contributed by atoms with E-state index in [1.807, 2.05) is 0 Å². The number of fused-ring (bicyclic) bond motifs is 1. The van der Waals surface area contributed by atoms with E-state index in [-0.39, 0.29) is 6.79 Å². The number of carbonyl (C=O) groups is 1. The number of rotatable bonds is 3. The van der Waals surface area contributed by atoms with Gasteiger partial charge in [0.15, 0.2) is 6.79 Å². The van der Waals surface area contributed by atoms with Crippen molar-refractivity contribution in [2.75, 3.05) is 6.79 Å². The zero-order valence-electron chi connectivity index (χ0n) is 9.40. The molecule has 1 aromatic carbocycles. The molecule has 0 spiro atoms. The van der Waals surface area contributed by atoms with Crippen molar-refractivity contribution in [2.45, 2.75) is 20.0 Å². The summed E-state index contributed by atoms with van der Waals surface area (Å²) in [6.07, 6.45) is 0.395. The summed E-state index contributed by atoms with van der Waals surface area (Å²) in [5.74, 6) is -0.568. The summed E-state index contributed by atoms with van der Waals surface area (Å²) in [5.41, 5.74) is 1.69. The second-order valence-electron chi connectivity index (χ2n) is 4.11. The first-order valence-electron chi connectivity index (χ1n) is 5.32. The molecule has 0 saturated carbocycles. The van der Waals surface area contributed by atoms with Crippen LogP contribution < -0.4 is 4.74 Å². The van der Waals surface area contributed by atoms with Gasteiger partial charge in [0.2, 0.25) is 0 Å². The standard InChI is InChI=1S/C12H13ClO4/c1-7(12(14)15)2-8-4-11-9(3-10(8)13)5-16-6-17-11/h3-4,7H,2,5-6H2,1H3,(H,14,15). The van der Waals surface area contributed by atoms with E-state index in [2.05, 4.69) is 0 Å². The molecule has 0 amide bonds. The number of carboxylic acid groups (broad SMARTS) is 1. The van der Waals surface area contributed by atoms with E-state index in [0.717, 1.165) is 16.9 Å². The molecule has 4 nitrogen and oxygen atoms in total. The molecule has 1 heterocycles. The molecule has 2 rings (SSSR count). The zero-order valence-corrected chi connectivity index (χ0v) is 10.2. The van der Waals surface area contributed by atoms with E-state index >= 15 is 0 Å². The van der Waals surface area contributed by atoms with E-state index < -0.39 is 11.9 Å². The number of ether oxygens (including phenoxy) is 2. The predicted molar refractivity (Wildman–Crippen MR) is 62.2 cm³/mol. The van der Waals surface area contributed by atoms with Crippen LogP contribution in [-0.4, -0.2) is 17.9 Å². The first-order valence-corrected chi connectivity index (χ1v) is 5.70. The second-order valence-corrected chi connectivity index (χ2v) is 4.51. The Kier molecular flexibility index (Phi) is 3.54. The maximum Gasteiger partial charge on any atom is 0.306 e. The number of carboxylic acids is 1. The van der Waals surface area contributed by atoms with Crippen LogP contribution in [0.5, 0.6) is 5.75 Å². The van der Waals surface area contributed by atoms with Crippen molar-refractivity contribution >= 4 is 17.6 Å². The van der Waals surface area contributed by atoms with Gasteiger partial charge in [-0.15, -0.1) is 0 Å². The van der Waals surface area contributed by atoms with E-state index in [4.69, 9.17) is 26.2 Å². The molecule has 0 aliphatic carbocycles. The molecule has 1 N–H and O–H groups in total. The van der Waals surface area contributed by atoms with Crippen molar-refractivity contribution < 1.29 is 19.4 Å². The van der Waals surface area contributed by atoms with Gasteiger partial charge in [0, 0.05) is 10.6 Å². The van der Waals surface area contributed by atoms with Gasteiger partial charge >= 0.3 is 5.97 Å². The van der Waals surface area contributed by atoms with Crippen LogP contribution in [0.3, 0.4) is 0 Å². The van der Waals surface area contributed by atoms with Gasteiger partial charge in [-0.3, -0.25) is 4.79 Å². The SMILES string of the molecule is CC(Cc1cc2c(cc1Cl)COCO2)C(=O)O. The molecule has 0 saturated heterocycles. The molecule has 0 fully saturated rings. The molecule has 1 aliphatic heterocycles. The van der Waals surface area contributed by atoms with Gasteiger partial charge in [-0.25, -0.2) is 0 Å². The third-order valence-corrected chi connectivity index (χ3v) is 3.08. The highest BCUT2D eigenvalue weighted by Crippen LogP contribution is 2.31. The van der Waals surface area contributed by atoms with Crippen LogP contribution in [0.1, 0.15) is 18.1 Å². The Morgan fingerprint density at radius 1 is 1.59 bits per heavy atom. The highest BCUT2D eigenvalue weighted by molar-refractivity contribution is 6.31. The van der Waals surface area contributed by atoms with E-state index in [1.165, 1.54) is 0 Å². The summed E-state index contributed by atoms with van der Waals surface area (Å²) >= 11 is 6.11. The monoisotopic (exact) mass is 256 g/mol. The molecule has 0 aromatic heterocycles. The van der Waals surface area contributed by atoms with Gasteiger partial charge in [0.1, 0.15) is 5.75 Å². The maximum absolute atomic E-state index is 10.8. The maximum atomic E-state index is 10.8. The molecule has 0 radical (unpaired) electrons. The zero-order chi connectivity index (χ0) is 12.4. The molecule has 1 unspecified atom stereocenters. The lowest BCUT2D eigenvalue weighted by Crippen LogP contribution is -2.14. The van der Waals surface area contributed by atoms with Gasteiger partial charge in [-0.05, 0) is 24.1 Å². The Labute approximate surface area is 104 Å². The van der Waals surface area contributed by atoms with Gasteiger partial charge < -0.3 is 14.6 Å². The van der Waals surface area contributed by atoms with Crippen LogP contribution in [0.4, 0.5) is 0 Å². The van der Waals surface area contributed by atoms with Crippen molar-refractivity contribution in [3.05, 3.63) is 28.3 Å². The summed E-state index contributed by atoms with van der Waals surface area (Å²) < 4.78 is 10.5. The number of benzene rings is 1. The average molecular weight is 257 g/mol. The van der Waals surface area contributed by atoms with Crippen LogP contribution in [0.25, 0.3) is 0 Å². The number of hydrogen-bond donors (Lipinski definition) is 1. The molecule has 0 bridgehead atoms. The Morgan fingerprint density at radius 2 is 2.35 bits per heavy atom. The lowest BCUT2D eigenvalue weighted by Gasteiger charge is -2.19. The molecule has 1 aromatic rings. The summed E-state index contributed by atoms with van der Waals surface area (Å²) in [7, 11) is 0. The normalized spacial score (nSPS) is 15.9. The van der Waals surface area contributed by atoms with Crippen LogP contribution in [-0.2, 0) is 22.6 Å². The second kappa shape index (κ2) is 4.94. The lowest BCUT2D eigenvalue weighted by molar-refractivity contribution is -0.141. The smallest absolute Gasteiger partial charge is 0.306 e. The molecule has 1 atom stereocenters. The third-order valence-electron chi connectivity index (χ3n) is 2.73. The first kappa shape index (κ1) is 12.2. The van der Waals surface area contributed by atoms with Crippen molar-refractivity contribution in [2.24, 2.45) is 5.92 Å². The summed E-state index contributed by atoms with van der Waals surface area (Å²) in [6, 6.07) is 3.58. The molecule has 17 heavy (non-hydrogen) atoms. The van der Waals surface area contributed by atoms with Crippen LogP contribution in [0.15, 0.2) is 12.1 Å². The number of aliphatic carboxylic acids is 1. The Morgan fingerprint density at radius 3 is 3.06 bits per heavy atom. The van der Waals surface area contributed by atoms with E-state index in [1.54, 1.807) is 19.1 Å². The fourth-order valence-corrected chi connectivity index (χ4v) is 1.98. The predicted octanol–water partition coefficient (Wildman–Crippen LogP) is 2.47. The summed E-state index contributed by atoms with van der Waals surface area (Å²) in [4.78, 5) is 10.8. The minimum absolute atomic E-state index is 0.225. The van der Waals surface area contributed by atoms with Crippen molar-refractivity contribution in [1.29, 1.82) is 0 Å². The molecule has 5 heteroatoms. The molecule has 92 valence electrons. The molecular formula is C12H13ClO4. The van der Waals surface area contributed by atoms with E-state index in [9.17, 15) is 4.79 Å². The minimum Gasteiger partial charge on any atom is -0.481 e. The Bertz CT molecular complexity index is 444. The fraction of sp³-hybridized carbons (Fsp3) is 0.417. The fourth-order valence-electron chi connectivity index (χ4n) is 1.71. The third kappa shape index (κ3) is 2.70. The van der Waals surface area contributed by atoms with Gasteiger partial charge in [-0.1, -0.05) is 18.5 Å². The van der Waals surface area contributed by atoms with Crippen molar-refractivity contribution in [1.82, 2.24) is 0 Å². The first-order chi connectivity index (χ1) is 8.08. The van der Waals surface area contributed by atoms with E-state index in [0.29, 0.717) is 18.1 Å². The highest BCUT2D eigenvalue weighted by atomic mass is 35.5. The summed E-state index contributed by atoms with van der Waals surface area (Å²) in [5, 5.41) is 9.44. The molecular weight excluding hydrogens is 244 g/mol. The van der Waals surface area contributed by atoms with Crippen LogP contribution in [0, 0.1) is 5.92 Å². The minimum atomic E-state index is -0.831. The largest absolute Gasteiger partial charge is 0.481 e. The van der Waals surface area contributed by atoms with Gasteiger partial charge in [0.05, 0.1) is 12.5 Å². The Balaban J connectivity index is 2.25. The lowest BCUT2D eigenvalue weighted by atomic mass is 9.99. The van der Waals surface area contributed by atoms with Crippen LogP contribution >= 0.6 is 11.6 Å². The van der Waals surface area contributed by atoms with Gasteiger partial charge in [-0.2, -0.15) is 0 Å². The Hall–Kier alpha value is -1.26. The average Bonchev–Trinajstić information content (AvgIpc) is 2.29. The quantitative estimate of drug-likeness (QED) is 0.903. The number of halogens is 1.